The Hall–Kier alpha value is -2.12. The van der Waals surface area contributed by atoms with Crippen LogP contribution in [0.15, 0.2) is 72.8 Å². The minimum atomic E-state index is 0.441. The van der Waals surface area contributed by atoms with E-state index in [2.05, 4.69) is 89.9 Å². The van der Waals surface area contributed by atoms with Crippen molar-refractivity contribution in [3.63, 3.8) is 0 Å². The smallest absolute Gasteiger partial charge is 0.0224 e. The first-order valence-electron chi connectivity index (χ1n) is 11.5. The molecule has 6 rings (SSSR count). The lowest BCUT2D eigenvalue weighted by molar-refractivity contribution is -0.0805. The van der Waals surface area contributed by atoms with Crippen molar-refractivity contribution in [2.45, 2.75) is 44.1 Å². The third-order valence-electron chi connectivity index (χ3n) is 7.55. The van der Waals surface area contributed by atoms with Gasteiger partial charge in [-0.25, -0.2) is 0 Å². The van der Waals surface area contributed by atoms with E-state index in [9.17, 15) is 0 Å². The van der Waals surface area contributed by atoms with Gasteiger partial charge in [-0.3, -0.25) is 4.90 Å². The Labute approximate surface area is 176 Å². The van der Waals surface area contributed by atoms with Crippen LogP contribution in [0.4, 0.5) is 0 Å². The average Bonchev–Trinajstić information content (AvgIpc) is 2.73. The molecule has 0 radical (unpaired) electrons. The Balaban J connectivity index is 1.34. The van der Waals surface area contributed by atoms with Gasteiger partial charge in [-0.05, 0) is 67.4 Å². The van der Waals surface area contributed by atoms with Crippen LogP contribution >= 0.6 is 0 Å². The van der Waals surface area contributed by atoms with Gasteiger partial charge in [0.2, 0.25) is 0 Å². The van der Waals surface area contributed by atoms with Gasteiger partial charge in [-0.15, -0.1) is 0 Å². The number of benzene rings is 2. The zero-order chi connectivity index (χ0) is 19.5. The molecule has 29 heavy (non-hydrogen) atoms. The molecule has 1 heteroatoms. The molecule has 0 N–H and O–H groups in total. The molecule has 4 saturated carbocycles. The van der Waals surface area contributed by atoms with Gasteiger partial charge in [0, 0.05) is 18.6 Å². The van der Waals surface area contributed by atoms with Crippen molar-refractivity contribution < 1.29 is 0 Å². The molecule has 2 aromatic rings. The summed E-state index contributed by atoms with van der Waals surface area (Å²) in [6.07, 6.45) is 18.2. The van der Waals surface area contributed by atoms with Gasteiger partial charge in [0.15, 0.2) is 0 Å². The van der Waals surface area contributed by atoms with Crippen molar-refractivity contribution in [3.05, 3.63) is 83.9 Å². The van der Waals surface area contributed by atoms with Gasteiger partial charge in [0.25, 0.3) is 0 Å². The number of rotatable bonds is 7. The summed E-state index contributed by atoms with van der Waals surface area (Å²) in [5.41, 5.74) is 3.05. The first-order chi connectivity index (χ1) is 14.3. The Morgan fingerprint density at radius 3 is 1.48 bits per heavy atom. The minimum Gasteiger partial charge on any atom is -0.290 e. The zero-order valence-corrected chi connectivity index (χ0v) is 17.4. The van der Waals surface area contributed by atoms with Gasteiger partial charge in [0.1, 0.15) is 0 Å². The fraction of sp³-hybridized carbons (Fsp3) is 0.429. The molecule has 4 bridgehead atoms. The van der Waals surface area contributed by atoms with Crippen LogP contribution in [0, 0.1) is 17.8 Å². The van der Waals surface area contributed by atoms with Crippen molar-refractivity contribution in [1.29, 1.82) is 0 Å². The number of nitrogens with zero attached hydrogens (tertiary/aromatic N) is 1. The van der Waals surface area contributed by atoms with Crippen LogP contribution in [0.25, 0.3) is 12.2 Å². The number of hydrogen-bond donors (Lipinski definition) is 0. The molecule has 0 spiro atoms. The Bertz CT molecular complexity index is 762. The van der Waals surface area contributed by atoms with E-state index in [0.29, 0.717) is 5.54 Å². The first kappa shape index (κ1) is 18.9. The predicted molar refractivity (Wildman–Crippen MR) is 123 cm³/mol. The fourth-order valence-electron chi connectivity index (χ4n) is 6.67. The van der Waals surface area contributed by atoms with E-state index in [-0.39, 0.29) is 0 Å². The lowest BCUT2D eigenvalue weighted by Crippen LogP contribution is -2.60. The molecule has 0 aromatic heterocycles. The van der Waals surface area contributed by atoms with Gasteiger partial charge in [0.05, 0.1) is 0 Å². The van der Waals surface area contributed by atoms with E-state index in [1.807, 2.05) is 0 Å². The zero-order valence-electron chi connectivity index (χ0n) is 17.4. The Morgan fingerprint density at radius 2 is 1.07 bits per heavy atom. The molecule has 0 amide bonds. The van der Waals surface area contributed by atoms with Gasteiger partial charge < -0.3 is 0 Å². The third-order valence-corrected chi connectivity index (χ3v) is 7.55. The van der Waals surface area contributed by atoms with Crippen LogP contribution in [-0.2, 0) is 0 Å². The van der Waals surface area contributed by atoms with E-state index in [1.165, 1.54) is 49.7 Å². The summed E-state index contributed by atoms with van der Waals surface area (Å²) in [6.45, 7) is 2.11. The van der Waals surface area contributed by atoms with Crippen molar-refractivity contribution in [3.8, 4) is 0 Å². The molecular formula is C28H33N. The summed E-state index contributed by atoms with van der Waals surface area (Å²) in [4.78, 5) is 2.82. The predicted octanol–water partition coefficient (Wildman–Crippen LogP) is 6.68. The molecule has 0 unspecified atom stereocenters. The van der Waals surface area contributed by atoms with E-state index >= 15 is 0 Å². The van der Waals surface area contributed by atoms with Crippen LogP contribution in [0.1, 0.15) is 49.7 Å². The highest BCUT2D eigenvalue weighted by Crippen LogP contribution is 2.57. The molecule has 4 fully saturated rings. The molecular weight excluding hydrogens is 350 g/mol. The molecule has 1 nitrogen and oxygen atoms in total. The van der Waals surface area contributed by atoms with Gasteiger partial charge in [-0.1, -0.05) is 85.0 Å². The topological polar surface area (TPSA) is 3.24 Å². The Morgan fingerprint density at radius 1 is 0.655 bits per heavy atom. The van der Waals surface area contributed by atoms with Crippen molar-refractivity contribution in [2.75, 3.05) is 13.1 Å². The second-order valence-electron chi connectivity index (χ2n) is 9.67. The maximum Gasteiger partial charge on any atom is 0.0224 e. The number of hydrogen-bond acceptors (Lipinski definition) is 1. The van der Waals surface area contributed by atoms with Crippen molar-refractivity contribution >= 4 is 12.2 Å². The largest absolute Gasteiger partial charge is 0.290 e. The molecule has 0 saturated heterocycles. The fourth-order valence-corrected chi connectivity index (χ4v) is 6.67. The average molecular weight is 384 g/mol. The van der Waals surface area contributed by atoms with Crippen LogP contribution in [0.5, 0.6) is 0 Å². The summed E-state index contributed by atoms with van der Waals surface area (Å²) in [5, 5.41) is 0. The molecule has 0 atom stereocenters. The summed E-state index contributed by atoms with van der Waals surface area (Å²) in [5.74, 6) is 2.96. The van der Waals surface area contributed by atoms with Crippen LogP contribution in [0.2, 0.25) is 0 Å². The molecule has 150 valence electrons. The Kier molecular flexibility index (Phi) is 5.42. The molecule has 4 aliphatic rings. The third kappa shape index (κ3) is 4.26. The van der Waals surface area contributed by atoms with Gasteiger partial charge >= 0.3 is 0 Å². The summed E-state index contributed by atoms with van der Waals surface area (Å²) in [7, 11) is 0. The highest BCUT2D eigenvalue weighted by atomic mass is 15.2. The van der Waals surface area contributed by atoms with Crippen molar-refractivity contribution in [1.82, 2.24) is 4.90 Å². The van der Waals surface area contributed by atoms with E-state index in [4.69, 9.17) is 0 Å². The SMILES string of the molecule is C(=Cc1ccccc1)CN(CC=Cc1ccccc1)C12CC3CC(CC(C3)C1)C2. The molecule has 0 aliphatic heterocycles. The normalized spacial score (nSPS) is 30.7. The summed E-state index contributed by atoms with van der Waals surface area (Å²) in [6, 6.07) is 21.5. The van der Waals surface area contributed by atoms with E-state index in [0.717, 1.165) is 30.8 Å². The maximum absolute atomic E-state index is 2.82. The van der Waals surface area contributed by atoms with Crippen LogP contribution in [-0.4, -0.2) is 23.5 Å². The standard InChI is InChI=1S/C28H33N/c1-3-9-23(10-4-1)13-7-15-29(16-8-14-24-11-5-2-6-12-24)28-20-25-17-26(21-28)19-27(18-25)22-28/h1-14,25-27H,15-22H2. The minimum absolute atomic E-state index is 0.441. The lowest BCUT2D eigenvalue weighted by atomic mass is 9.52. The summed E-state index contributed by atoms with van der Waals surface area (Å²) >= 11 is 0. The second-order valence-corrected chi connectivity index (χ2v) is 9.67. The maximum atomic E-state index is 2.82. The molecule has 4 aliphatic carbocycles. The summed E-state index contributed by atoms with van der Waals surface area (Å²) < 4.78 is 0. The van der Waals surface area contributed by atoms with Crippen molar-refractivity contribution in [2.24, 2.45) is 17.8 Å². The van der Waals surface area contributed by atoms with Gasteiger partial charge in [-0.2, -0.15) is 0 Å². The molecule has 0 heterocycles. The van der Waals surface area contributed by atoms with Crippen LogP contribution in [0.3, 0.4) is 0 Å². The lowest BCUT2D eigenvalue weighted by Gasteiger charge is -2.60. The highest BCUT2D eigenvalue weighted by Gasteiger charge is 2.52. The quantitative estimate of drug-likeness (QED) is 0.515. The van der Waals surface area contributed by atoms with E-state index in [1.54, 1.807) is 0 Å². The highest BCUT2D eigenvalue weighted by molar-refractivity contribution is 5.50. The van der Waals surface area contributed by atoms with Crippen LogP contribution < -0.4 is 0 Å². The second kappa shape index (κ2) is 8.32. The van der Waals surface area contributed by atoms with E-state index < -0.39 is 0 Å². The first-order valence-corrected chi connectivity index (χ1v) is 11.5. The monoisotopic (exact) mass is 383 g/mol. The molecule has 2 aromatic carbocycles.